The van der Waals surface area contributed by atoms with Crippen LogP contribution in [0, 0.1) is 6.92 Å². The monoisotopic (exact) mass is 228 g/mol. The lowest BCUT2D eigenvalue weighted by Crippen LogP contribution is -2.02. The second-order valence-corrected chi connectivity index (χ2v) is 3.63. The zero-order chi connectivity index (χ0) is 11.4. The molecule has 0 spiro atoms. The third-order valence-corrected chi connectivity index (χ3v) is 2.17. The molecule has 0 aromatic heterocycles. The Morgan fingerprint density at radius 1 is 1.47 bits per heavy atom. The Hall–Kier alpha value is -1.22. The van der Waals surface area contributed by atoms with Gasteiger partial charge in [-0.25, -0.2) is 0 Å². The lowest BCUT2D eigenvalue weighted by molar-refractivity contribution is -0.142. The molecule has 4 heteroatoms. The Morgan fingerprint density at radius 3 is 2.67 bits per heavy atom. The van der Waals surface area contributed by atoms with Crippen molar-refractivity contribution in [1.29, 1.82) is 0 Å². The zero-order valence-electron chi connectivity index (χ0n) is 8.96. The van der Waals surface area contributed by atoms with Gasteiger partial charge in [-0.2, -0.15) is 0 Å². The minimum Gasteiger partial charge on any atom is -0.496 e. The largest absolute Gasteiger partial charge is 0.496 e. The van der Waals surface area contributed by atoms with Crippen LogP contribution in [0.1, 0.15) is 18.1 Å². The highest BCUT2D eigenvalue weighted by atomic mass is 35.5. The van der Waals surface area contributed by atoms with Crippen molar-refractivity contribution in [2.24, 2.45) is 0 Å². The number of carbonyl (C=O) groups excluding carboxylic acids is 1. The van der Waals surface area contributed by atoms with Crippen LogP contribution in [0.4, 0.5) is 0 Å². The highest BCUT2D eigenvalue weighted by molar-refractivity contribution is 6.30. The van der Waals surface area contributed by atoms with E-state index in [2.05, 4.69) is 0 Å². The summed E-state index contributed by atoms with van der Waals surface area (Å²) >= 11 is 5.90. The maximum absolute atomic E-state index is 10.7. The molecule has 0 heterocycles. The Labute approximate surface area is 93.9 Å². The topological polar surface area (TPSA) is 35.5 Å². The summed E-state index contributed by atoms with van der Waals surface area (Å²) < 4.78 is 10.1. The number of benzene rings is 1. The molecule has 82 valence electrons. The highest BCUT2D eigenvalue weighted by Crippen LogP contribution is 2.28. The van der Waals surface area contributed by atoms with Crippen molar-refractivity contribution in [3.05, 3.63) is 28.3 Å². The maximum atomic E-state index is 10.7. The molecule has 3 nitrogen and oxygen atoms in total. The van der Waals surface area contributed by atoms with Crippen LogP contribution in [0.3, 0.4) is 0 Å². The number of ether oxygens (including phenoxy) is 2. The number of aryl methyl sites for hydroxylation is 1. The number of methoxy groups -OCH3 is 1. The van der Waals surface area contributed by atoms with Crippen molar-refractivity contribution in [3.63, 3.8) is 0 Å². The van der Waals surface area contributed by atoms with Gasteiger partial charge >= 0.3 is 5.97 Å². The first-order valence-electron chi connectivity index (χ1n) is 4.51. The molecule has 1 rings (SSSR count). The summed E-state index contributed by atoms with van der Waals surface area (Å²) in [5, 5.41) is 0.607. The Kier molecular flexibility index (Phi) is 3.97. The van der Waals surface area contributed by atoms with Crippen LogP contribution in [-0.2, 0) is 16.1 Å². The van der Waals surface area contributed by atoms with Gasteiger partial charge in [-0.15, -0.1) is 0 Å². The minimum atomic E-state index is -0.324. The first-order valence-corrected chi connectivity index (χ1v) is 4.88. The summed E-state index contributed by atoms with van der Waals surface area (Å²) in [6.07, 6.45) is 0. The van der Waals surface area contributed by atoms with Crippen LogP contribution in [0.5, 0.6) is 5.75 Å². The van der Waals surface area contributed by atoms with Gasteiger partial charge in [0.25, 0.3) is 0 Å². The van der Waals surface area contributed by atoms with E-state index in [1.807, 2.05) is 6.92 Å². The molecular weight excluding hydrogens is 216 g/mol. The lowest BCUT2D eigenvalue weighted by Gasteiger charge is -2.11. The van der Waals surface area contributed by atoms with E-state index in [9.17, 15) is 4.79 Å². The fraction of sp³-hybridized carbons (Fsp3) is 0.364. The third kappa shape index (κ3) is 3.13. The fourth-order valence-corrected chi connectivity index (χ4v) is 1.67. The average molecular weight is 229 g/mol. The van der Waals surface area contributed by atoms with E-state index in [4.69, 9.17) is 21.1 Å². The van der Waals surface area contributed by atoms with Crippen molar-refractivity contribution in [2.75, 3.05) is 7.11 Å². The first-order chi connectivity index (χ1) is 7.04. The molecule has 0 radical (unpaired) electrons. The number of rotatable bonds is 3. The third-order valence-electron chi connectivity index (χ3n) is 1.95. The molecule has 0 aliphatic heterocycles. The molecule has 0 amide bonds. The number of hydrogen-bond acceptors (Lipinski definition) is 3. The van der Waals surface area contributed by atoms with Crippen molar-refractivity contribution >= 4 is 17.6 Å². The Balaban J connectivity index is 2.98. The van der Waals surface area contributed by atoms with Crippen LogP contribution in [0.25, 0.3) is 0 Å². The van der Waals surface area contributed by atoms with E-state index in [1.54, 1.807) is 19.2 Å². The number of carbonyl (C=O) groups is 1. The quantitative estimate of drug-likeness (QED) is 0.747. The van der Waals surface area contributed by atoms with Crippen LogP contribution < -0.4 is 4.74 Å². The van der Waals surface area contributed by atoms with E-state index in [0.717, 1.165) is 11.1 Å². The van der Waals surface area contributed by atoms with E-state index in [1.165, 1.54) is 6.92 Å². The predicted molar refractivity (Wildman–Crippen MR) is 58.2 cm³/mol. The van der Waals surface area contributed by atoms with Crippen molar-refractivity contribution < 1.29 is 14.3 Å². The summed E-state index contributed by atoms with van der Waals surface area (Å²) in [7, 11) is 1.58. The van der Waals surface area contributed by atoms with Crippen LogP contribution in [-0.4, -0.2) is 13.1 Å². The molecule has 0 saturated carbocycles. The van der Waals surface area contributed by atoms with E-state index >= 15 is 0 Å². The van der Waals surface area contributed by atoms with E-state index in [-0.39, 0.29) is 12.6 Å². The molecule has 1 aromatic rings. The Bertz CT molecular complexity index is 374. The second-order valence-electron chi connectivity index (χ2n) is 3.20. The van der Waals surface area contributed by atoms with E-state index < -0.39 is 0 Å². The molecule has 0 unspecified atom stereocenters. The molecule has 0 N–H and O–H groups in total. The number of esters is 1. The van der Waals surface area contributed by atoms with Gasteiger partial charge in [0, 0.05) is 17.5 Å². The smallest absolute Gasteiger partial charge is 0.302 e. The van der Waals surface area contributed by atoms with Crippen molar-refractivity contribution in [2.45, 2.75) is 20.5 Å². The maximum Gasteiger partial charge on any atom is 0.302 e. The number of halogens is 1. The molecule has 0 atom stereocenters. The predicted octanol–water partition coefficient (Wildman–Crippen LogP) is 2.72. The van der Waals surface area contributed by atoms with Gasteiger partial charge in [-0.3, -0.25) is 4.79 Å². The van der Waals surface area contributed by atoms with Gasteiger partial charge in [0.15, 0.2) is 0 Å². The van der Waals surface area contributed by atoms with Gasteiger partial charge in [-0.1, -0.05) is 11.6 Å². The summed E-state index contributed by atoms with van der Waals surface area (Å²) in [5.74, 6) is 0.385. The molecule has 0 aliphatic rings. The molecule has 0 saturated heterocycles. The highest BCUT2D eigenvalue weighted by Gasteiger charge is 2.09. The molecule has 0 bridgehead atoms. The zero-order valence-corrected chi connectivity index (χ0v) is 9.72. The standard InChI is InChI=1S/C11H13ClO3/c1-7-4-10(12)5-9(11(7)14-3)6-15-8(2)13/h4-5H,6H2,1-3H3. The minimum absolute atomic E-state index is 0.180. The normalized spacial score (nSPS) is 9.87. The van der Waals surface area contributed by atoms with Gasteiger partial charge in [0.1, 0.15) is 12.4 Å². The Morgan fingerprint density at radius 2 is 2.13 bits per heavy atom. The van der Waals surface area contributed by atoms with Crippen LogP contribution in [0.15, 0.2) is 12.1 Å². The van der Waals surface area contributed by atoms with Gasteiger partial charge in [-0.05, 0) is 24.6 Å². The molecule has 15 heavy (non-hydrogen) atoms. The second kappa shape index (κ2) is 5.03. The molecule has 0 aliphatic carbocycles. The number of hydrogen-bond donors (Lipinski definition) is 0. The van der Waals surface area contributed by atoms with Crippen molar-refractivity contribution in [3.8, 4) is 5.75 Å². The first kappa shape index (κ1) is 11.9. The molecule has 1 aromatic carbocycles. The summed E-state index contributed by atoms with van der Waals surface area (Å²) in [6.45, 7) is 3.44. The summed E-state index contributed by atoms with van der Waals surface area (Å²) in [6, 6.07) is 3.54. The lowest BCUT2D eigenvalue weighted by atomic mass is 10.1. The molecule has 0 fully saturated rings. The van der Waals surface area contributed by atoms with Gasteiger partial charge in [0.05, 0.1) is 7.11 Å². The van der Waals surface area contributed by atoms with E-state index in [0.29, 0.717) is 10.8 Å². The van der Waals surface area contributed by atoms with Crippen LogP contribution in [0.2, 0.25) is 5.02 Å². The average Bonchev–Trinajstić information content (AvgIpc) is 2.13. The SMILES string of the molecule is COc1c(C)cc(Cl)cc1COC(C)=O. The fourth-order valence-electron chi connectivity index (χ4n) is 1.38. The van der Waals surface area contributed by atoms with Crippen molar-refractivity contribution in [1.82, 2.24) is 0 Å². The van der Waals surface area contributed by atoms with Crippen LogP contribution >= 0.6 is 11.6 Å². The van der Waals surface area contributed by atoms with Gasteiger partial charge < -0.3 is 9.47 Å². The molecular formula is C11H13ClO3. The van der Waals surface area contributed by atoms with Gasteiger partial charge in [0.2, 0.25) is 0 Å². The summed E-state index contributed by atoms with van der Waals surface area (Å²) in [5.41, 5.74) is 1.70. The summed E-state index contributed by atoms with van der Waals surface area (Å²) in [4.78, 5) is 10.7.